The predicted octanol–water partition coefficient (Wildman–Crippen LogP) is 5.14. The monoisotopic (exact) mass is 419 g/mol. The van der Waals surface area contributed by atoms with E-state index in [1.807, 2.05) is 6.20 Å². The minimum atomic E-state index is 0.172. The van der Waals surface area contributed by atoms with Crippen LogP contribution in [0.15, 0.2) is 26.6 Å². The normalized spacial score (nSPS) is 13.1. The van der Waals surface area contributed by atoms with Gasteiger partial charge in [0.05, 0.1) is 26.2 Å². The number of hydrogen-bond donors (Lipinski definition) is 1. The van der Waals surface area contributed by atoms with Crippen molar-refractivity contribution in [2.24, 2.45) is 0 Å². The zero-order valence-corrected chi connectivity index (χ0v) is 15.8. The lowest BCUT2D eigenvalue weighted by atomic mass is 10.1. The SMILES string of the molecule is CCCNC(c1ccc(Br)s1)c1c(Br)cnn1C(C)C. The Morgan fingerprint density at radius 2 is 2.10 bits per heavy atom. The van der Waals surface area contributed by atoms with Gasteiger partial charge in [-0.3, -0.25) is 4.68 Å². The number of thiophene rings is 1. The molecule has 1 N–H and O–H groups in total. The molecule has 2 rings (SSSR count). The zero-order chi connectivity index (χ0) is 14.7. The van der Waals surface area contributed by atoms with Crippen molar-refractivity contribution < 1.29 is 0 Å². The molecule has 1 unspecified atom stereocenters. The standard InChI is InChI=1S/C14H19Br2N3S/c1-4-7-17-13(11-5-6-12(16)20-11)14-10(15)8-18-19(14)9(2)3/h5-6,8-9,13,17H,4,7H2,1-3H3. The summed E-state index contributed by atoms with van der Waals surface area (Å²) in [6.45, 7) is 7.48. The van der Waals surface area contributed by atoms with Crippen molar-refractivity contribution >= 4 is 43.2 Å². The van der Waals surface area contributed by atoms with Gasteiger partial charge in [0.25, 0.3) is 0 Å². The van der Waals surface area contributed by atoms with E-state index in [-0.39, 0.29) is 6.04 Å². The minimum absolute atomic E-state index is 0.172. The first-order valence-corrected chi connectivity index (χ1v) is 9.16. The summed E-state index contributed by atoms with van der Waals surface area (Å²) in [5.74, 6) is 0. The highest BCUT2D eigenvalue weighted by molar-refractivity contribution is 9.11. The molecule has 0 saturated heterocycles. The van der Waals surface area contributed by atoms with E-state index in [9.17, 15) is 0 Å². The van der Waals surface area contributed by atoms with E-state index in [0.29, 0.717) is 6.04 Å². The van der Waals surface area contributed by atoms with E-state index >= 15 is 0 Å². The molecule has 2 heterocycles. The summed E-state index contributed by atoms with van der Waals surface area (Å²) < 4.78 is 4.30. The summed E-state index contributed by atoms with van der Waals surface area (Å²) >= 11 is 8.97. The Balaban J connectivity index is 2.43. The Morgan fingerprint density at radius 1 is 1.35 bits per heavy atom. The first kappa shape index (κ1) is 16.2. The number of aromatic nitrogens is 2. The second-order valence-electron chi connectivity index (χ2n) is 4.95. The van der Waals surface area contributed by atoms with E-state index in [2.05, 4.69) is 79.9 Å². The van der Waals surface area contributed by atoms with Crippen LogP contribution >= 0.6 is 43.2 Å². The largest absolute Gasteiger partial charge is 0.304 e. The number of nitrogens with one attached hydrogen (secondary N) is 1. The Morgan fingerprint density at radius 3 is 2.65 bits per heavy atom. The molecule has 0 aliphatic rings. The van der Waals surface area contributed by atoms with Crippen LogP contribution in [0.1, 0.15) is 49.8 Å². The van der Waals surface area contributed by atoms with Crippen LogP contribution in [0.5, 0.6) is 0 Å². The Labute approximate surface area is 141 Å². The predicted molar refractivity (Wildman–Crippen MR) is 92.5 cm³/mol. The van der Waals surface area contributed by atoms with Crippen molar-refractivity contribution in [3.8, 4) is 0 Å². The molecular formula is C14H19Br2N3S. The van der Waals surface area contributed by atoms with Gasteiger partial charge in [0.2, 0.25) is 0 Å². The third kappa shape index (κ3) is 3.53. The van der Waals surface area contributed by atoms with E-state index in [4.69, 9.17) is 0 Å². The summed E-state index contributed by atoms with van der Waals surface area (Å²) in [6, 6.07) is 4.78. The van der Waals surface area contributed by atoms with Crippen molar-refractivity contribution in [2.75, 3.05) is 6.54 Å². The van der Waals surface area contributed by atoms with Crippen LogP contribution < -0.4 is 5.32 Å². The van der Waals surface area contributed by atoms with Crippen LogP contribution in [-0.2, 0) is 0 Å². The van der Waals surface area contributed by atoms with Crippen molar-refractivity contribution in [3.63, 3.8) is 0 Å². The van der Waals surface area contributed by atoms with Crippen molar-refractivity contribution in [1.29, 1.82) is 0 Å². The van der Waals surface area contributed by atoms with Gasteiger partial charge in [0.1, 0.15) is 0 Å². The molecule has 0 aliphatic carbocycles. The number of hydrogen-bond acceptors (Lipinski definition) is 3. The van der Waals surface area contributed by atoms with Gasteiger partial charge in [0, 0.05) is 10.9 Å². The number of rotatable bonds is 6. The lowest BCUT2D eigenvalue weighted by Gasteiger charge is -2.21. The van der Waals surface area contributed by atoms with E-state index in [0.717, 1.165) is 21.2 Å². The average Bonchev–Trinajstić information content (AvgIpc) is 2.98. The molecule has 3 nitrogen and oxygen atoms in total. The van der Waals surface area contributed by atoms with Crippen LogP contribution in [0.3, 0.4) is 0 Å². The maximum absolute atomic E-state index is 4.50. The van der Waals surface area contributed by atoms with Gasteiger partial charge >= 0.3 is 0 Å². The highest BCUT2D eigenvalue weighted by Crippen LogP contribution is 2.35. The molecule has 0 saturated carbocycles. The number of halogens is 2. The van der Waals surface area contributed by atoms with E-state index in [1.165, 1.54) is 10.6 Å². The van der Waals surface area contributed by atoms with Gasteiger partial charge in [-0.2, -0.15) is 5.10 Å². The Kier molecular flexibility index (Phi) is 5.84. The third-order valence-corrected chi connectivity index (χ3v) is 5.33. The van der Waals surface area contributed by atoms with E-state index in [1.54, 1.807) is 11.3 Å². The van der Waals surface area contributed by atoms with Crippen molar-refractivity contribution in [2.45, 2.75) is 39.3 Å². The molecule has 2 aromatic rings. The van der Waals surface area contributed by atoms with Crippen LogP contribution in [0.2, 0.25) is 0 Å². The fourth-order valence-electron chi connectivity index (χ4n) is 2.14. The second kappa shape index (κ2) is 7.20. The van der Waals surface area contributed by atoms with Gasteiger partial charge < -0.3 is 5.32 Å². The van der Waals surface area contributed by atoms with Crippen molar-refractivity contribution in [1.82, 2.24) is 15.1 Å². The van der Waals surface area contributed by atoms with Gasteiger partial charge in [-0.05, 0) is 70.8 Å². The number of nitrogens with zero attached hydrogens (tertiary/aromatic N) is 2. The molecule has 0 bridgehead atoms. The lowest BCUT2D eigenvalue weighted by Crippen LogP contribution is -2.26. The molecule has 1 atom stereocenters. The molecule has 0 radical (unpaired) electrons. The van der Waals surface area contributed by atoms with Gasteiger partial charge in [-0.15, -0.1) is 11.3 Å². The maximum atomic E-state index is 4.50. The van der Waals surface area contributed by atoms with Crippen LogP contribution in [0.25, 0.3) is 0 Å². The summed E-state index contributed by atoms with van der Waals surface area (Å²) in [6.07, 6.45) is 3.00. The van der Waals surface area contributed by atoms with Crippen LogP contribution in [0.4, 0.5) is 0 Å². The molecule has 20 heavy (non-hydrogen) atoms. The fraction of sp³-hybridized carbons (Fsp3) is 0.500. The summed E-state index contributed by atoms with van der Waals surface area (Å²) in [5.41, 5.74) is 1.20. The topological polar surface area (TPSA) is 29.9 Å². The maximum Gasteiger partial charge on any atom is 0.0853 e. The second-order valence-corrected chi connectivity index (χ2v) is 8.29. The molecular weight excluding hydrogens is 402 g/mol. The lowest BCUT2D eigenvalue weighted by molar-refractivity contribution is 0.473. The highest BCUT2D eigenvalue weighted by atomic mass is 79.9. The molecule has 0 aliphatic heterocycles. The fourth-order valence-corrected chi connectivity index (χ4v) is 4.14. The minimum Gasteiger partial charge on any atom is -0.304 e. The average molecular weight is 421 g/mol. The van der Waals surface area contributed by atoms with E-state index < -0.39 is 0 Å². The molecule has 0 spiro atoms. The first-order chi connectivity index (χ1) is 9.54. The van der Waals surface area contributed by atoms with Gasteiger partial charge in [-0.25, -0.2) is 0 Å². The summed E-state index contributed by atoms with van der Waals surface area (Å²) in [5, 5.41) is 8.14. The zero-order valence-electron chi connectivity index (χ0n) is 11.9. The van der Waals surface area contributed by atoms with Crippen LogP contribution in [0, 0.1) is 0 Å². The quantitative estimate of drug-likeness (QED) is 0.700. The molecule has 2 aromatic heterocycles. The molecule has 0 amide bonds. The smallest absolute Gasteiger partial charge is 0.0853 e. The molecule has 0 fully saturated rings. The van der Waals surface area contributed by atoms with Crippen molar-refractivity contribution in [3.05, 3.63) is 37.2 Å². The molecule has 0 aromatic carbocycles. The first-order valence-electron chi connectivity index (χ1n) is 6.76. The highest BCUT2D eigenvalue weighted by Gasteiger charge is 2.23. The van der Waals surface area contributed by atoms with Gasteiger partial charge in [0.15, 0.2) is 0 Å². The van der Waals surface area contributed by atoms with Crippen LogP contribution in [-0.4, -0.2) is 16.3 Å². The summed E-state index contributed by atoms with van der Waals surface area (Å²) in [4.78, 5) is 1.30. The van der Waals surface area contributed by atoms with Gasteiger partial charge in [-0.1, -0.05) is 6.92 Å². The molecule has 110 valence electrons. The summed E-state index contributed by atoms with van der Waals surface area (Å²) in [7, 11) is 0. The molecule has 6 heteroatoms. The Hall–Kier alpha value is -0.170. The third-order valence-electron chi connectivity index (χ3n) is 3.03. The Bertz CT molecular complexity index is 563.